The summed E-state index contributed by atoms with van der Waals surface area (Å²) >= 11 is 0. The Morgan fingerprint density at radius 1 is 1.40 bits per heavy atom. The van der Waals surface area contributed by atoms with Gasteiger partial charge in [-0.3, -0.25) is 0 Å². The molecule has 0 aliphatic carbocycles. The van der Waals surface area contributed by atoms with Gasteiger partial charge in [-0.05, 0) is 37.1 Å². The van der Waals surface area contributed by atoms with Gasteiger partial charge in [-0.1, -0.05) is 13.3 Å². The zero-order chi connectivity index (χ0) is 11.3. The first-order valence-corrected chi connectivity index (χ1v) is 5.18. The normalized spacial score (nSPS) is 10.0. The molecule has 0 spiro atoms. The van der Waals surface area contributed by atoms with Crippen LogP contribution in [0.1, 0.15) is 36.2 Å². The van der Waals surface area contributed by atoms with Crippen LogP contribution in [0.2, 0.25) is 0 Å². The molecule has 15 heavy (non-hydrogen) atoms. The molecule has 0 amide bonds. The van der Waals surface area contributed by atoms with Gasteiger partial charge in [0.15, 0.2) is 0 Å². The van der Waals surface area contributed by atoms with E-state index in [0.29, 0.717) is 12.2 Å². The summed E-state index contributed by atoms with van der Waals surface area (Å²) in [6, 6.07) is 5.13. The van der Waals surface area contributed by atoms with Crippen LogP contribution in [0.4, 0.5) is 0 Å². The molecule has 1 rings (SSSR count). The number of carbonyl (C=O) groups is 1. The molecule has 82 valence electrons. The van der Waals surface area contributed by atoms with E-state index in [9.17, 15) is 4.79 Å². The van der Waals surface area contributed by atoms with Crippen molar-refractivity contribution in [2.45, 2.75) is 26.7 Å². The van der Waals surface area contributed by atoms with Crippen LogP contribution in [0.25, 0.3) is 0 Å². The number of carboxylic acids is 1. The molecule has 0 saturated heterocycles. The Bertz CT molecular complexity index is 345. The highest BCUT2D eigenvalue weighted by Crippen LogP contribution is 2.19. The summed E-state index contributed by atoms with van der Waals surface area (Å²) in [5.74, 6) is -0.132. The summed E-state index contributed by atoms with van der Waals surface area (Å²) in [5, 5.41) is 8.97. The van der Waals surface area contributed by atoms with E-state index in [2.05, 4.69) is 0 Å². The fraction of sp³-hybridized carbons (Fsp3) is 0.417. The SMILES string of the molecule is CCCc1cc(OCC)ccc1C(=O)O. The Kier molecular flexibility index (Phi) is 4.16. The summed E-state index contributed by atoms with van der Waals surface area (Å²) in [6.45, 7) is 4.53. The average Bonchev–Trinajstić information content (AvgIpc) is 2.18. The second kappa shape index (κ2) is 5.39. The number of hydrogen-bond acceptors (Lipinski definition) is 2. The zero-order valence-electron chi connectivity index (χ0n) is 9.12. The molecule has 0 fully saturated rings. The van der Waals surface area contributed by atoms with Crippen LogP contribution >= 0.6 is 0 Å². The molecule has 0 aromatic heterocycles. The molecule has 3 nitrogen and oxygen atoms in total. The van der Waals surface area contributed by atoms with Crippen LogP contribution in [0.3, 0.4) is 0 Å². The summed E-state index contributed by atoms with van der Waals surface area (Å²) in [7, 11) is 0. The van der Waals surface area contributed by atoms with Crippen LogP contribution in [-0.4, -0.2) is 17.7 Å². The molecule has 3 heteroatoms. The van der Waals surface area contributed by atoms with Crippen molar-refractivity contribution in [1.29, 1.82) is 0 Å². The minimum Gasteiger partial charge on any atom is -0.494 e. The van der Waals surface area contributed by atoms with Crippen molar-refractivity contribution < 1.29 is 14.6 Å². The third kappa shape index (κ3) is 2.98. The Morgan fingerprint density at radius 2 is 2.13 bits per heavy atom. The summed E-state index contributed by atoms with van der Waals surface area (Å²) in [4.78, 5) is 10.9. The molecule has 0 atom stereocenters. The smallest absolute Gasteiger partial charge is 0.335 e. The lowest BCUT2D eigenvalue weighted by atomic mass is 10.0. The quantitative estimate of drug-likeness (QED) is 0.809. The molecule has 0 saturated carbocycles. The molecule has 0 bridgehead atoms. The molecule has 0 aliphatic rings. The lowest BCUT2D eigenvalue weighted by molar-refractivity contribution is 0.0695. The molecule has 1 aromatic rings. The maximum absolute atomic E-state index is 10.9. The highest BCUT2D eigenvalue weighted by molar-refractivity contribution is 5.89. The van der Waals surface area contributed by atoms with E-state index < -0.39 is 5.97 Å². The van der Waals surface area contributed by atoms with Crippen molar-refractivity contribution >= 4 is 5.97 Å². The van der Waals surface area contributed by atoms with Gasteiger partial charge in [0, 0.05) is 0 Å². The zero-order valence-corrected chi connectivity index (χ0v) is 9.12. The maximum atomic E-state index is 10.9. The molecule has 1 N–H and O–H groups in total. The first-order chi connectivity index (χ1) is 7.19. The van der Waals surface area contributed by atoms with Crippen LogP contribution < -0.4 is 4.74 Å². The molecular weight excluding hydrogens is 192 g/mol. The number of aryl methyl sites for hydroxylation is 1. The lowest BCUT2D eigenvalue weighted by Crippen LogP contribution is -2.03. The van der Waals surface area contributed by atoms with Crippen molar-refractivity contribution in [3.63, 3.8) is 0 Å². The first kappa shape index (κ1) is 11.6. The minimum absolute atomic E-state index is 0.375. The first-order valence-electron chi connectivity index (χ1n) is 5.18. The Morgan fingerprint density at radius 3 is 2.67 bits per heavy atom. The topological polar surface area (TPSA) is 46.5 Å². The van der Waals surface area contributed by atoms with Crippen molar-refractivity contribution in [3.05, 3.63) is 29.3 Å². The molecular formula is C12H16O3. The van der Waals surface area contributed by atoms with Gasteiger partial charge in [0.25, 0.3) is 0 Å². The van der Waals surface area contributed by atoms with Crippen LogP contribution in [0.15, 0.2) is 18.2 Å². The predicted octanol–water partition coefficient (Wildman–Crippen LogP) is 2.74. The van der Waals surface area contributed by atoms with E-state index in [1.165, 1.54) is 0 Å². The van der Waals surface area contributed by atoms with E-state index >= 15 is 0 Å². The van der Waals surface area contributed by atoms with Crippen LogP contribution in [-0.2, 0) is 6.42 Å². The molecule has 1 aromatic carbocycles. The van der Waals surface area contributed by atoms with Crippen LogP contribution in [0, 0.1) is 0 Å². The van der Waals surface area contributed by atoms with Gasteiger partial charge < -0.3 is 9.84 Å². The molecule has 0 radical (unpaired) electrons. The number of hydrogen-bond donors (Lipinski definition) is 1. The Hall–Kier alpha value is -1.51. The van der Waals surface area contributed by atoms with Crippen LogP contribution in [0.5, 0.6) is 5.75 Å². The van der Waals surface area contributed by atoms with E-state index in [4.69, 9.17) is 9.84 Å². The fourth-order valence-corrected chi connectivity index (χ4v) is 1.51. The summed E-state index contributed by atoms with van der Waals surface area (Å²) in [6.07, 6.45) is 1.69. The third-order valence-electron chi connectivity index (χ3n) is 2.14. The van der Waals surface area contributed by atoms with Crippen molar-refractivity contribution in [2.75, 3.05) is 6.61 Å². The van der Waals surface area contributed by atoms with Gasteiger partial charge in [0.2, 0.25) is 0 Å². The summed E-state index contributed by atoms with van der Waals surface area (Å²) in [5.41, 5.74) is 1.22. The molecule has 0 heterocycles. The second-order valence-electron chi connectivity index (χ2n) is 3.31. The van der Waals surface area contributed by atoms with Crippen molar-refractivity contribution in [1.82, 2.24) is 0 Å². The van der Waals surface area contributed by atoms with Crippen molar-refractivity contribution in [2.24, 2.45) is 0 Å². The average molecular weight is 208 g/mol. The third-order valence-corrected chi connectivity index (χ3v) is 2.14. The Labute approximate surface area is 89.7 Å². The summed E-state index contributed by atoms with van der Waals surface area (Å²) < 4.78 is 5.33. The van der Waals surface area contributed by atoms with Gasteiger partial charge in [-0.15, -0.1) is 0 Å². The van der Waals surface area contributed by atoms with Gasteiger partial charge in [-0.25, -0.2) is 4.79 Å². The highest BCUT2D eigenvalue weighted by Gasteiger charge is 2.10. The number of ether oxygens (including phenoxy) is 1. The number of carboxylic acid groups (broad SMARTS) is 1. The fourth-order valence-electron chi connectivity index (χ4n) is 1.51. The van der Waals surface area contributed by atoms with E-state index in [-0.39, 0.29) is 0 Å². The minimum atomic E-state index is -0.874. The Balaban J connectivity index is 3.03. The van der Waals surface area contributed by atoms with E-state index in [0.717, 1.165) is 24.2 Å². The molecule has 0 aliphatic heterocycles. The van der Waals surface area contributed by atoms with Gasteiger partial charge in [0.05, 0.1) is 12.2 Å². The number of aromatic carboxylic acids is 1. The maximum Gasteiger partial charge on any atom is 0.335 e. The monoisotopic (exact) mass is 208 g/mol. The van der Waals surface area contributed by atoms with Gasteiger partial charge in [-0.2, -0.15) is 0 Å². The number of rotatable bonds is 5. The van der Waals surface area contributed by atoms with Crippen molar-refractivity contribution in [3.8, 4) is 5.75 Å². The van der Waals surface area contributed by atoms with E-state index in [1.54, 1.807) is 12.1 Å². The second-order valence-corrected chi connectivity index (χ2v) is 3.31. The predicted molar refractivity (Wildman–Crippen MR) is 58.6 cm³/mol. The van der Waals surface area contributed by atoms with Gasteiger partial charge >= 0.3 is 5.97 Å². The number of benzene rings is 1. The highest BCUT2D eigenvalue weighted by atomic mass is 16.5. The molecule has 0 unspecified atom stereocenters. The largest absolute Gasteiger partial charge is 0.494 e. The lowest BCUT2D eigenvalue weighted by Gasteiger charge is -2.08. The standard InChI is InChI=1S/C12H16O3/c1-3-5-9-8-10(15-4-2)6-7-11(9)12(13)14/h6-8H,3-5H2,1-2H3,(H,13,14). The van der Waals surface area contributed by atoms with E-state index in [1.807, 2.05) is 19.9 Å². The van der Waals surface area contributed by atoms with Gasteiger partial charge in [0.1, 0.15) is 5.75 Å².